The van der Waals surface area contributed by atoms with E-state index in [1.54, 1.807) is 12.1 Å². The van der Waals surface area contributed by atoms with Crippen molar-refractivity contribution in [3.63, 3.8) is 0 Å². The second kappa shape index (κ2) is 6.36. The topological polar surface area (TPSA) is 72.2 Å². The molecule has 2 aromatic heterocycles. The van der Waals surface area contributed by atoms with E-state index in [0.717, 1.165) is 16.9 Å². The number of nitrogens with zero attached hydrogens (tertiary/aromatic N) is 4. The number of hydrogen-bond acceptors (Lipinski definition) is 5. The zero-order chi connectivity index (χ0) is 17.3. The van der Waals surface area contributed by atoms with Gasteiger partial charge in [-0.15, -0.1) is 15.3 Å². The first-order valence-corrected chi connectivity index (χ1v) is 7.86. The molecule has 1 amide bonds. The highest BCUT2D eigenvalue weighted by Crippen LogP contribution is 2.28. The van der Waals surface area contributed by atoms with Gasteiger partial charge in [0.2, 0.25) is 9.97 Å². The van der Waals surface area contributed by atoms with E-state index in [-0.39, 0.29) is 9.97 Å². The summed E-state index contributed by atoms with van der Waals surface area (Å²) < 4.78 is 38.7. The quantitative estimate of drug-likeness (QED) is 0.761. The third kappa shape index (κ3) is 3.49. The summed E-state index contributed by atoms with van der Waals surface area (Å²) in [7, 11) is 0. The SMILES string of the molecule is O=C(NCCc1ccc(Cl)cc1)c1nn2c(C(F)(F)F)nnc2s1. The van der Waals surface area contributed by atoms with Crippen molar-refractivity contribution >= 4 is 33.8 Å². The summed E-state index contributed by atoms with van der Waals surface area (Å²) in [6.45, 7) is 0.312. The number of nitrogens with one attached hydrogen (secondary N) is 1. The van der Waals surface area contributed by atoms with E-state index in [1.165, 1.54) is 0 Å². The van der Waals surface area contributed by atoms with E-state index in [9.17, 15) is 18.0 Å². The Hall–Kier alpha value is -2.20. The summed E-state index contributed by atoms with van der Waals surface area (Å²) in [5, 5.41) is 13.2. The number of hydrogen-bond donors (Lipinski definition) is 1. The van der Waals surface area contributed by atoms with Gasteiger partial charge in [0.15, 0.2) is 0 Å². The Morgan fingerprint density at radius 3 is 2.62 bits per heavy atom. The smallest absolute Gasteiger partial charge is 0.350 e. The van der Waals surface area contributed by atoms with Crippen LogP contribution in [-0.4, -0.2) is 32.3 Å². The molecule has 0 saturated heterocycles. The molecule has 0 atom stereocenters. The fourth-order valence-corrected chi connectivity index (χ4v) is 2.81. The van der Waals surface area contributed by atoms with Gasteiger partial charge in [-0.2, -0.15) is 17.7 Å². The predicted molar refractivity (Wildman–Crippen MR) is 81.2 cm³/mol. The van der Waals surface area contributed by atoms with Crippen molar-refractivity contribution in [1.29, 1.82) is 0 Å². The number of benzene rings is 1. The first-order valence-electron chi connectivity index (χ1n) is 6.66. The zero-order valence-electron chi connectivity index (χ0n) is 11.8. The highest BCUT2D eigenvalue weighted by Gasteiger charge is 2.38. The van der Waals surface area contributed by atoms with Gasteiger partial charge in [-0.05, 0) is 24.1 Å². The minimum atomic E-state index is -4.68. The molecule has 0 aliphatic heterocycles. The molecule has 0 spiro atoms. The summed E-state index contributed by atoms with van der Waals surface area (Å²) in [4.78, 5) is 11.9. The molecule has 3 aromatic rings. The van der Waals surface area contributed by atoms with E-state index in [0.29, 0.717) is 22.5 Å². The highest BCUT2D eigenvalue weighted by atomic mass is 35.5. The van der Waals surface area contributed by atoms with Crippen LogP contribution in [0.3, 0.4) is 0 Å². The van der Waals surface area contributed by atoms with Crippen molar-refractivity contribution in [1.82, 2.24) is 25.1 Å². The largest absolute Gasteiger partial charge is 0.453 e. The van der Waals surface area contributed by atoms with Crippen LogP contribution < -0.4 is 5.32 Å². The molecule has 3 rings (SSSR count). The van der Waals surface area contributed by atoms with Crippen LogP contribution in [0.2, 0.25) is 5.02 Å². The first-order chi connectivity index (χ1) is 11.3. The first kappa shape index (κ1) is 16.7. The Bertz CT molecular complexity index is 874. The molecule has 0 unspecified atom stereocenters. The maximum absolute atomic E-state index is 12.7. The molecule has 0 fully saturated rings. The highest BCUT2D eigenvalue weighted by molar-refractivity contribution is 7.18. The van der Waals surface area contributed by atoms with Crippen LogP contribution in [0.5, 0.6) is 0 Å². The Balaban J connectivity index is 1.66. The molecule has 0 saturated carbocycles. The maximum atomic E-state index is 12.7. The van der Waals surface area contributed by atoms with Crippen molar-refractivity contribution in [2.75, 3.05) is 6.54 Å². The molecule has 1 aromatic carbocycles. The average Bonchev–Trinajstić information content (AvgIpc) is 3.08. The van der Waals surface area contributed by atoms with E-state index < -0.39 is 17.9 Å². The maximum Gasteiger partial charge on any atom is 0.453 e. The van der Waals surface area contributed by atoms with Crippen molar-refractivity contribution in [3.8, 4) is 0 Å². The monoisotopic (exact) mass is 375 g/mol. The van der Waals surface area contributed by atoms with Crippen LogP contribution in [-0.2, 0) is 12.6 Å². The number of aromatic nitrogens is 4. The van der Waals surface area contributed by atoms with Gasteiger partial charge in [0.1, 0.15) is 0 Å². The second-order valence-corrected chi connectivity index (χ2v) is 6.15. The molecule has 0 radical (unpaired) electrons. The predicted octanol–water partition coefficient (Wildman–Crippen LogP) is 2.83. The Morgan fingerprint density at radius 2 is 1.96 bits per heavy atom. The normalized spacial score (nSPS) is 11.8. The fraction of sp³-hybridized carbons (Fsp3) is 0.231. The molecule has 2 heterocycles. The lowest BCUT2D eigenvalue weighted by molar-refractivity contribution is -0.146. The van der Waals surface area contributed by atoms with Gasteiger partial charge in [-0.25, -0.2) is 0 Å². The molecule has 0 aliphatic carbocycles. The Kier molecular flexibility index (Phi) is 4.41. The molecule has 1 N–H and O–H groups in total. The number of carbonyl (C=O) groups excluding carboxylic acids is 1. The van der Waals surface area contributed by atoms with Gasteiger partial charge >= 0.3 is 6.18 Å². The number of carbonyl (C=O) groups is 1. The van der Waals surface area contributed by atoms with Crippen molar-refractivity contribution in [3.05, 3.63) is 45.7 Å². The summed E-state index contributed by atoms with van der Waals surface area (Å²) in [6.07, 6.45) is -4.13. The Labute approximate surface area is 142 Å². The fourth-order valence-electron chi connectivity index (χ4n) is 1.93. The standard InChI is InChI=1S/C13H9ClF3N5OS/c14-8-3-1-7(2-4-8)5-6-18-9(23)10-21-22-11(13(15,16)17)19-20-12(22)24-10/h1-4H,5-6H2,(H,18,23). The number of fused-ring (bicyclic) bond motifs is 1. The third-order valence-corrected chi connectivity index (χ3v) is 4.20. The summed E-state index contributed by atoms with van der Waals surface area (Å²) in [5.74, 6) is -1.82. The Morgan fingerprint density at radius 1 is 1.25 bits per heavy atom. The van der Waals surface area contributed by atoms with E-state index in [1.807, 2.05) is 12.1 Å². The van der Waals surface area contributed by atoms with Gasteiger partial charge in [0.05, 0.1) is 0 Å². The lowest BCUT2D eigenvalue weighted by Crippen LogP contribution is -2.26. The van der Waals surface area contributed by atoms with Crippen LogP contribution in [0.15, 0.2) is 24.3 Å². The molecule has 0 aliphatic rings. The minimum absolute atomic E-state index is 0.0924. The summed E-state index contributed by atoms with van der Waals surface area (Å²) in [5.41, 5.74) is 0.970. The number of halogens is 4. The van der Waals surface area contributed by atoms with Gasteiger partial charge in [-0.3, -0.25) is 4.79 Å². The molecular formula is C13H9ClF3N5OS. The van der Waals surface area contributed by atoms with Crippen LogP contribution in [0.1, 0.15) is 21.2 Å². The lowest BCUT2D eigenvalue weighted by atomic mass is 10.1. The van der Waals surface area contributed by atoms with Crippen LogP contribution >= 0.6 is 22.9 Å². The molecule has 6 nitrogen and oxygen atoms in total. The molecule has 0 bridgehead atoms. The van der Waals surface area contributed by atoms with Gasteiger partial charge < -0.3 is 5.32 Å². The van der Waals surface area contributed by atoms with Crippen molar-refractivity contribution < 1.29 is 18.0 Å². The number of alkyl halides is 3. The van der Waals surface area contributed by atoms with Gasteiger partial charge in [0, 0.05) is 11.6 Å². The van der Waals surface area contributed by atoms with E-state index in [4.69, 9.17) is 11.6 Å². The molecule has 11 heteroatoms. The molecular weight excluding hydrogens is 367 g/mol. The van der Waals surface area contributed by atoms with Crippen molar-refractivity contribution in [2.45, 2.75) is 12.6 Å². The number of rotatable bonds is 4. The summed E-state index contributed by atoms with van der Waals surface area (Å²) in [6, 6.07) is 7.13. The molecule has 24 heavy (non-hydrogen) atoms. The van der Waals surface area contributed by atoms with Crippen LogP contribution in [0, 0.1) is 0 Å². The van der Waals surface area contributed by atoms with E-state index in [2.05, 4.69) is 20.6 Å². The second-order valence-electron chi connectivity index (χ2n) is 4.76. The third-order valence-electron chi connectivity index (χ3n) is 3.05. The zero-order valence-corrected chi connectivity index (χ0v) is 13.4. The average molecular weight is 376 g/mol. The van der Waals surface area contributed by atoms with Crippen LogP contribution in [0.25, 0.3) is 4.96 Å². The number of amides is 1. The molecule has 126 valence electrons. The summed E-state index contributed by atoms with van der Waals surface area (Å²) >= 11 is 6.52. The minimum Gasteiger partial charge on any atom is -0.350 e. The van der Waals surface area contributed by atoms with E-state index >= 15 is 0 Å². The van der Waals surface area contributed by atoms with Crippen molar-refractivity contribution in [2.24, 2.45) is 0 Å². The van der Waals surface area contributed by atoms with Gasteiger partial charge in [-0.1, -0.05) is 35.1 Å². The van der Waals surface area contributed by atoms with Crippen LogP contribution in [0.4, 0.5) is 13.2 Å². The lowest BCUT2D eigenvalue weighted by Gasteiger charge is -2.03. The van der Waals surface area contributed by atoms with Gasteiger partial charge in [0.25, 0.3) is 11.7 Å².